The topological polar surface area (TPSA) is 105 Å². The number of hydrogen-bond acceptors (Lipinski definition) is 10. The average Bonchev–Trinajstić information content (AvgIpc) is 3.88. The number of halogens is 2. The molecule has 10 nitrogen and oxygen atoms in total. The number of fused-ring (bicyclic) bond motifs is 2. The Morgan fingerprint density at radius 2 is 1.81 bits per heavy atom. The third-order valence-electron chi connectivity index (χ3n) is 9.19. The number of allylic oxidation sites excluding steroid dienone is 2. The van der Waals surface area contributed by atoms with E-state index in [2.05, 4.69) is 26.1 Å². The van der Waals surface area contributed by atoms with Crippen molar-refractivity contribution in [2.75, 3.05) is 77.6 Å². The van der Waals surface area contributed by atoms with E-state index in [0.29, 0.717) is 48.4 Å². The van der Waals surface area contributed by atoms with Crippen LogP contribution in [-0.4, -0.2) is 97.7 Å². The second kappa shape index (κ2) is 14.0. The van der Waals surface area contributed by atoms with Crippen LogP contribution in [0.5, 0.6) is 17.6 Å². The van der Waals surface area contributed by atoms with Crippen LogP contribution in [0.2, 0.25) is 0 Å². The summed E-state index contributed by atoms with van der Waals surface area (Å²) in [5, 5.41) is 14.2. The number of nitrogens with zero attached hydrogens (tertiary/aromatic N) is 5. The molecule has 1 aromatic carbocycles. The van der Waals surface area contributed by atoms with Crippen molar-refractivity contribution in [3.63, 3.8) is 0 Å². The van der Waals surface area contributed by atoms with Gasteiger partial charge < -0.3 is 29.5 Å². The van der Waals surface area contributed by atoms with Gasteiger partial charge in [0.2, 0.25) is 5.88 Å². The lowest BCUT2D eigenvalue weighted by Gasteiger charge is -2.31. The van der Waals surface area contributed by atoms with Gasteiger partial charge in [-0.3, -0.25) is 4.90 Å². The number of anilines is 1. The number of hydrogen-bond donors (Lipinski definition) is 2. The maximum Gasteiger partial charge on any atom is 0.319 e. The first kappa shape index (κ1) is 32.9. The number of benzene rings is 1. The average molecular weight is 649 g/mol. The quantitative estimate of drug-likeness (QED) is 0.333. The van der Waals surface area contributed by atoms with Crippen molar-refractivity contribution in [3.05, 3.63) is 34.9 Å². The molecule has 2 aliphatic heterocycles. The Bertz CT molecular complexity index is 1710. The predicted octanol–water partition coefficient (Wildman–Crippen LogP) is 4.73. The van der Waals surface area contributed by atoms with Gasteiger partial charge in [0.1, 0.15) is 34.0 Å². The van der Waals surface area contributed by atoms with Crippen molar-refractivity contribution in [2.45, 2.75) is 39.5 Å². The maximum absolute atomic E-state index is 16.9. The van der Waals surface area contributed by atoms with E-state index >= 15 is 4.39 Å². The minimum absolute atomic E-state index is 0.00678. The number of nitrogens with one attached hydrogen (secondary N) is 1. The van der Waals surface area contributed by atoms with Gasteiger partial charge in [0.05, 0.1) is 32.5 Å². The number of rotatable bonds is 8. The highest BCUT2D eigenvalue weighted by Crippen LogP contribution is 2.47. The fourth-order valence-electron chi connectivity index (χ4n) is 6.60. The first-order valence-electron chi connectivity index (χ1n) is 16.5. The van der Waals surface area contributed by atoms with Crippen molar-refractivity contribution in [3.8, 4) is 41.2 Å². The number of methoxy groups -OCH3 is 1. The first-order chi connectivity index (χ1) is 22.9. The molecule has 4 heterocycles. The van der Waals surface area contributed by atoms with Crippen molar-refractivity contribution in [2.24, 2.45) is 5.41 Å². The normalized spacial score (nSPS) is 19.0. The van der Waals surface area contributed by atoms with Crippen molar-refractivity contribution in [1.29, 1.82) is 0 Å². The third kappa shape index (κ3) is 6.57. The number of morpholine rings is 1. The molecule has 4 aliphatic rings. The molecule has 0 spiro atoms. The molecule has 2 aromatic heterocycles. The van der Waals surface area contributed by atoms with Gasteiger partial charge in [0, 0.05) is 68.8 Å². The molecule has 47 heavy (non-hydrogen) atoms. The smallest absolute Gasteiger partial charge is 0.319 e. The van der Waals surface area contributed by atoms with E-state index in [1.807, 2.05) is 18.7 Å². The van der Waals surface area contributed by atoms with Crippen LogP contribution in [0, 0.1) is 23.6 Å². The third-order valence-corrected chi connectivity index (χ3v) is 9.19. The Balaban J connectivity index is 0.00000190. The Hall–Kier alpha value is -4.05. The molecule has 3 fully saturated rings. The van der Waals surface area contributed by atoms with Crippen LogP contribution in [0.15, 0.2) is 18.0 Å². The monoisotopic (exact) mass is 648 g/mol. The van der Waals surface area contributed by atoms with Gasteiger partial charge in [-0.25, -0.2) is 13.8 Å². The number of phenols is 1. The lowest BCUT2D eigenvalue weighted by atomic mass is 9.85. The Morgan fingerprint density at radius 3 is 2.49 bits per heavy atom. The summed E-state index contributed by atoms with van der Waals surface area (Å²) < 4.78 is 49.3. The highest BCUT2D eigenvalue weighted by atomic mass is 19.1. The second-order valence-corrected chi connectivity index (χ2v) is 12.2. The number of aromatic hydroxyl groups is 1. The lowest BCUT2D eigenvalue weighted by molar-refractivity contribution is 0.0231. The molecule has 250 valence electrons. The number of piperazine rings is 1. The summed E-state index contributed by atoms with van der Waals surface area (Å²) in [6.45, 7) is 11.3. The maximum atomic E-state index is 16.9. The molecule has 0 amide bonds. The minimum atomic E-state index is -0.765. The molecule has 2 N–H and O–H groups in total. The number of aryl methyl sites for hydroxylation is 1. The predicted molar refractivity (Wildman–Crippen MR) is 177 cm³/mol. The molecule has 3 aromatic rings. The molecular formula is C35H42F2N6O4. The zero-order chi connectivity index (χ0) is 33.1. The molecule has 2 saturated heterocycles. The van der Waals surface area contributed by atoms with E-state index < -0.39 is 11.6 Å². The van der Waals surface area contributed by atoms with Gasteiger partial charge in [0.25, 0.3) is 0 Å². The fraction of sp³-hybridized carbons (Fsp3) is 0.514. The van der Waals surface area contributed by atoms with Crippen molar-refractivity contribution >= 4 is 22.3 Å². The van der Waals surface area contributed by atoms with E-state index in [4.69, 9.17) is 25.6 Å². The molecule has 1 saturated carbocycles. The summed E-state index contributed by atoms with van der Waals surface area (Å²) in [5.41, 5.74) is 0.936. The highest BCUT2D eigenvalue weighted by Gasteiger charge is 2.45. The largest absolute Gasteiger partial charge is 0.508 e. The molecule has 0 bridgehead atoms. The van der Waals surface area contributed by atoms with E-state index in [0.717, 1.165) is 58.8 Å². The summed E-state index contributed by atoms with van der Waals surface area (Å²) in [7, 11) is 1.45. The van der Waals surface area contributed by atoms with Gasteiger partial charge in [-0.15, -0.1) is 6.42 Å². The highest BCUT2D eigenvalue weighted by molar-refractivity contribution is 5.99. The zero-order valence-corrected chi connectivity index (χ0v) is 27.3. The van der Waals surface area contributed by atoms with Crippen LogP contribution in [0.1, 0.15) is 44.2 Å². The van der Waals surface area contributed by atoms with Gasteiger partial charge in [0.15, 0.2) is 5.82 Å². The van der Waals surface area contributed by atoms with Crippen LogP contribution in [-0.2, 0) is 11.2 Å². The fourth-order valence-corrected chi connectivity index (χ4v) is 6.60. The summed E-state index contributed by atoms with van der Waals surface area (Å²) >= 11 is 0. The molecule has 0 unspecified atom stereocenters. The van der Waals surface area contributed by atoms with E-state index in [1.165, 1.54) is 19.2 Å². The van der Waals surface area contributed by atoms with Gasteiger partial charge in [-0.1, -0.05) is 19.8 Å². The standard InChI is InChI=1S/C33H36F2N6O4.C2H6/c1-3-22-24(34)5-4-20-16-21(42)17-23(25(20)22)28-27(35)29-26(31(37-28)43-2)30(41-10-8-36-9-11-41)39-32(38-29)45-19-33(6-7-33)18-40-12-14-44-15-13-40;1-2/h1,16-17,36,42H,4-15,18-19H2,2H3;1-2H3. The first-order valence-corrected chi connectivity index (χ1v) is 16.5. The molecular weight excluding hydrogens is 606 g/mol. The molecule has 0 atom stereocenters. The Kier molecular flexibility index (Phi) is 9.77. The Morgan fingerprint density at radius 1 is 1.06 bits per heavy atom. The molecule has 12 heteroatoms. The van der Waals surface area contributed by atoms with Crippen LogP contribution < -0.4 is 19.7 Å². The molecule has 0 radical (unpaired) electrons. The SMILES string of the molecule is C#CC1=C(F)CCc2cc(O)cc(-c3nc(OC)c4c(N5CCNCC5)nc(OCC5(CN6CCOCC6)CC5)nc4c3F)c21.CC. The second-order valence-electron chi connectivity index (χ2n) is 12.2. The van der Waals surface area contributed by atoms with Crippen molar-refractivity contribution < 1.29 is 28.1 Å². The van der Waals surface area contributed by atoms with E-state index in [-0.39, 0.29) is 51.8 Å². The summed E-state index contributed by atoms with van der Waals surface area (Å²) in [5.74, 6) is 1.67. The summed E-state index contributed by atoms with van der Waals surface area (Å²) in [6.07, 6.45) is 8.19. The lowest BCUT2D eigenvalue weighted by Crippen LogP contribution is -2.44. The van der Waals surface area contributed by atoms with Crippen LogP contribution in [0.25, 0.3) is 27.7 Å². The van der Waals surface area contributed by atoms with E-state index in [1.54, 1.807) is 0 Å². The number of ether oxygens (including phenoxy) is 3. The number of pyridine rings is 1. The number of aromatic nitrogens is 3. The summed E-state index contributed by atoms with van der Waals surface area (Å²) in [6, 6.07) is 2.94. The Labute approximate surface area is 274 Å². The van der Waals surface area contributed by atoms with Crippen LogP contribution in [0.3, 0.4) is 0 Å². The zero-order valence-electron chi connectivity index (χ0n) is 27.3. The summed E-state index contributed by atoms with van der Waals surface area (Å²) in [4.78, 5) is 18.4. The van der Waals surface area contributed by atoms with E-state index in [9.17, 15) is 9.50 Å². The van der Waals surface area contributed by atoms with Crippen LogP contribution in [0.4, 0.5) is 14.6 Å². The number of phenolic OH excluding ortho intramolecular Hbond substituents is 1. The number of terminal acetylenes is 1. The van der Waals surface area contributed by atoms with Crippen molar-refractivity contribution in [1.82, 2.24) is 25.2 Å². The van der Waals surface area contributed by atoms with Crippen LogP contribution >= 0.6 is 0 Å². The van der Waals surface area contributed by atoms with Gasteiger partial charge in [-0.2, -0.15) is 9.97 Å². The van der Waals surface area contributed by atoms with Gasteiger partial charge in [-0.05, 0) is 37.0 Å². The molecule has 2 aliphatic carbocycles. The minimum Gasteiger partial charge on any atom is -0.508 e. The molecule has 7 rings (SSSR count). The van der Waals surface area contributed by atoms with Gasteiger partial charge >= 0.3 is 6.01 Å².